The minimum atomic E-state index is -1.35. The summed E-state index contributed by atoms with van der Waals surface area (Å²) >= 11 is 1.19. The van der Waals surface area contributed by atoms with Crippen LogP contribution in [0.25, 0.3) is 0 Å². The molecule has 4 amide bonds. The highest BCUT2D eigenvalue weighted by Gasteiger charge is 2.40. The molecule has 2 aliphatic heterocycles. The second-order valence-corrected chi connectivity index (χ2v) is 11.2. The number of hydrogen-bond acceptors (Lipinski definition) is 8. The Bertz CT molecular complexity index is 1740. The first-order valence-electron chi connectivity index (χ1n) is 13.6. The first kappa shape index (κ1) is 28.0. The van der Waals surface area contributed by atoms with Crippen LogP contribution in [0.1, 0.15) is 57.4 Å². The lowest BCUT2D eigenvalue weighted by molar-refractivity contribution is -0.134. The maximum absolute atomic E-state index is 14.3. The van der Waals surface area contributed by atoms with E-state index in [-0.39, 0.29) is 42.6 Å². The molecule has 1 fully saturated rings. The Hall–Kier alpha value is -5.10. The largest absolute Gasteiger partial charge is 0.508 e. The number of phenols is 1. The fourth-order valence-electron chi connectivity index (χ4n) is 5.61. The average molecular weight is 600 g/mol. The van der Waals surface area contributed by atoms with E-state index in [0.29, 0.717) is 28.4 Å². The van der Waals surface area contributed by atoms with Gasteiger partial charge in [0.05, 0.1) is 11.5 Å². The SMILES string of the molecule is O=C1CCC(c2ccccc2CNc2cccc3c2C(=O)N(C(C(=O)Nc2nccs2)c2cc(F)ccc2O)C3)C(=O)N1. The highest BCUT2D eigenvalue weighted by atomic mass is 32.1. The van der Waals surface area contributed by atoms with Gasteiger partial charge in [-0.3, -0.25) is 29.8 Å². The number of aromatic nitrogens is 1. The quantitative estimate of drug-likeness (QED) is 0.219. The number of nitrogens with zero attached hydrogens (tertiary/aromatic N) is 2. The zero-order valence-electron chi connectivity index (χ0n) is 22.7. The number of imide groups is 1. The number of carbonyl (C=O) groups excluding carboxylic acids is 4. The van der Waals surface area contributed by atoms with Crippen LogP contribution in [0.2, 0.25) is 0 Å². The number of fused-ring (bicyclic) bond motifs is 1. The number of rotatable bonds is 8. The molecule has 4 N–H and O–H groups in total. The van der Waals surface area contributed by atoms with Crippen LogP contribution in [0.5, 0.6) is 5.75 Å². The van der Waals surface area contributed by atoms with E-state index in [0.717, 1.165) is 29.3 Å². The molecular weight excluding hydrogens is 573 g/mol. The van der Waals surface area contributed by atoms with E-state index in [1.165, 1.54) is 22.4 Å². The van der Waals surface area contributed by atoms with Crippen molar-refractivity contribution in [1.29, 1.82) is 0 Å². The van der Waals surface area contributed by atoms with Crippen molar-refractivity contribution in [3.8, 4) is 5.75 Å². The lowest BCUT2D eigenvalue weighted by atomic mass is 9.87. The number of carbonyl (C=O) groups is 4. The van der Waals surface area contributed by atoms with Crippen LogP contribution < -0.4 is 16.0 Å². The highest BCUT2D eigenvalue weighted by molar-refractivity contribution is 7.13. The molecule has 0 aliphatic carbocycles. The lowest BCUT2D eigenvalue weighted by Gasteiger charge is -2.27. The predicted octanol–water partition coefficient (Wildman–Crippen LogP) is 4.46. The molecule has 6 rings (SSSR count). The molecule has 0 spiro atoms. The summed E-state index contributed by atoms with van der Waals surface area (Å²) in [5, 5.41) is 21.0. The summed E-state index contributed by atoms with van der Waals surface area (Å²) in [5.74, 6) is -3.20. The van der Waals surface area contributed by atoms with Crippen LogP contribution in [-0.2, 0) is 27.5 Å². The summed E-state index contributed by atoms with van der Waals surface area (Å²) in [6.07, 6.45) is 2.18. The summed E-state index contributed by atoms with van der Waals surface area (Å²) < 4.78 is 14.3. The number of halogens is 1. The van der Waals surface area contributed by atoms with Crippen molar-refractivity contribution >= 4 is 45.8 Å². The summed E-state index contributed by atoms with van der Waals surface area (Å²) in [5.41, 5.74) is 3.09. The molecule has 1 aromatic heterocycles. The van der Waals surface area contributed by atoms with Gasteiger partial charge in [-0.1, -0.05) is 36.4 Å². The fraction of sp³-hybridized carbons (Fsp3) is 0.194. The molecule has 1 saturated heterocycles. The van der Waals surface area contributed by atoms with Crippen molar-refractivity contribution in [2.75, 3.05) is 10.6 Å². The number of hydrogen-bond donors (Lipinski definition) is 4. The molecular formula is C31H26FN5O5S. The third-order valence-corrected chi connectivity index (χ3v) is 8.30. The number of aromatic hydroxyl groups is 1. The normalized spacial score (nSPS) is 16.9. The number of thiazole rings is 1. The Morgan fingerprint density at radius 1 is 1.14 bits per heavy atom. The molecule has 3 heterocycles. The number of phenolic OH excluding ortho intramolecular Hbond substituents is 1. The summed E-state index contributed by atoms with van der Waals surface area (Å²) in [6.45, 7) is 0.332. The Morgan fingerprint density at radius 3 is 2.77 bits per heavy atom. The van der Waals surface area contributed by atoms with Crippen molar-refractivity contribution in [2.45, 2.75) is 37.9 Å². The van der Waals surface area contributed by atoms with Gasteiger partial charge in [0.2, 0.25) is 11.8 Å². The molecule has 0 saturated carbocycles. The van der Waals surface area contributed by atoms with Gasteiger partial charge >= 0.3 is 0 Å². The minimum absolute atomic E-state index is 0.0441. The van der Waals surface area contributed by atoms with Crippen molar-refractivity contribution in [3.05, 3.63) is 106 Å². The Labute approximate surface area is 249 Å². The van der Waals surface area contributed by atoms with E-state index in [1.54, 1.807) is 23.6 Å². The van der Waals surface area contributed by atoms with Gasteiger partial charge < -0.3 is 15.3 Å². The molecule has 3 aromatic carbocycles. The van der Waals surface area contributed by atoms with Crippen molar-refractivity contribution in [3.63, 3.8) is 0 Å². The van der Waals surface area contributed by atoms with E-state index in [9.17, 15) is 28.7 Å². The number of nitrogens with one attached hydrogen (secondary N) is 3. The van der Waals surface area contributed by atoms with Crippen LogP contribution >= 0.6 is 11.3 Å². The van der Waals surface area contributed by atoms with Crippen LogP contribution in [-0.4, -0.2) is 38.6 Å². The monoisotopic (exact) mass is 599 g/mol. The molecule has 0 bridgehead atoms. The Balaban J connectivity index is 1.29. The number of anilines is 2. The summed E-state index contributed by atoms with van der Waals surface area (Å²) in [6, 6.07) is 14.7. The third-order valence-electron chi connectivity index (χ3n) is 7.61. The standard InChI is InChI=1S/C31H26FN5O5S/c32-19-8-10-24(38)22(14-19)27(29(41)36-31-33-12-13-43-31)37-16-18-5-3-7-23(26(18)30(37)42)34-15-17-4-1-2-6-20(17)21-9-11-25(39)35-28(21)40/h1-8,10,12-14,21,27,34,38H,9,11,15-16H2,(H,33,36,41)(H,35,39,40). The fourth-order valence-corrected chi connectivity index (χ4v) is 6.14. The van der Waals surface area contributed by atoms with Gasteiger partial charge in [-0.2, -0.15) is 0 Å². The molecule has 2 atom stereocenters. The maximum Gasteiger partial charge on any atom is 0.257 e. The topological polar surface area (TPSA) is 141 Å². The van der Waals surface area contributed by atoms with Crippen molar-refractivity contribution in [1.82, 2.24) is 15.2 Å². The Morgan fingerprint density at radius 2 is 1.98 bits per heavy atom. The van der Waals surface area contributed by atoms with Gasteiger partial charge in [0.15, 0.2) is 5.13 Å². The molecule has 2 unspecified atom stereocenters. The predicted molar refractivity (Wildman–Crippen MR) is 157 cm³/mol. The first-order chi connectivity index (χ1) is 20.8. The van der Waals surface area contributed by atoms with E-state index in [2.05, 4.69) is 20.9 Å². The van der Waals surface area contributed by atoms with Crippen LogP contribution in [0.3, 0.4) is 0 Å². The highest BCUT2D eigenvalue weighted by Crippen LogP contribution is 2.39. The second-order valence-electron chi connectivity index (χ2n) is 10.3. The van der Waals surface area contributed by atoms with Crippen molar-refractivity contribution in [2.24, 2.45) is 0 Å². The molecule has 43 heavy (non-hydrogen) atoms. The van der Waals surface area contributed by atoms with Gasteiger partial charge in [-0.15, -0.1) is 11.3 Å². The minimum Gasteiger partial charge on any atom is -0.508 e. The zero-order chi connectivity index (χ0) is 30.1. The number of amides is 4. The molecule has 218 valence electrons. The average Bonchev–Trinajstić information content (AvgIpc) is 3.62. The van der Waals surface area contributed by atoms with Gasteiger partial charge in [-0.05, 0) is 47.4 Å². The molecule has 12 heteroatoms. The number of benzene rings is 3. The van der Waals surface area contributed by atoms with Gasteiger partial charge in [0.25, 0.3) is 11.8 Å². The van der Waals surface area contributed by atoms with Crippen LogP contribution in [0.15, 0.2) is 72.2 Å². The summed E-state index contributed by atoms with van der Waals surface area (Å²) in [4.78, 5) is 57.1. The Kier molecular flexibility index (Phi) is 7.59. The second kappa shape index (κ2) is 11.6. The molecule has 0 radical (unpaired) electrons. The number of piperidine rings is 1. The van der Waals surface area contributed by atoms with E-state index in [4.69, 9.17) is 0 Å². The van der Waals surface area contributed by atoms with Gasteiger partial charge in [0, 0.05) is 42.3 Å². The maximum atomic E-state index is 14.3. The van der Waals surface area contributed by atoms with Crippen LogP contribution in [0, 0.1) is 5.82 Å². The zero-order valence-corrected chi connectivity index (χ0v) is 23.5. The summed E-state index contributed by atoms with van der Waals surface area (Å²) in [7, 11) is 0. The van der Waals surface area contributed by atoms with E-state index < -0.39 is 29.6 Å². The van der Waals surface area contributed by atoms with E-state index >= 15 is 0 Å². The third kappa shape index (κ3) is 5.56. The van der Waals surface area contributed by atoms with Crippen LogP contribution in [0.4, 0.5) is 15.2 Å². The smallest absolute Gasteiger partial charge is 0.257 e. The molecule has 4 aromatic rings. The van der Waals surface area contributed by atoms with E-state index in [1.807, 2.05) is 24.3 Å². The van der Waals surface area contributed by atoms with Gasteiger partial charge in [0.1, 0.15) is 17.6 Å². The first-order valence-corrected chi connectivity index (χ1v) is 14.4. The van der Waals surface area contributed by atoms with Crippen molar-refractivity contribution < 1.29 is 28.7 Å². The van der Waals surface area contributed by atoms with Gasteiger partial charge in [-0.25, -0.2) is 9.37 Å². The molecule has 2 aliphatic rings. The molecule has 10 nitrogen and oxygen atoms in total. The lowest BCUT2D eigenvalue weighted by Crippen LogP contribution is -2.39.